The Hall–Kier alpha value is -3.31. The number of amides is 1. The second kappa shape index (κ2) is 6.14. The van der Waals surface area contributed by atoms with Crippen molar-refractivity contribution in [3.05, 3.63) is 101 Å². The third-order valence-electron chi connectivity index (χ3n) is 7.92. The number of carbonyl (C=O) groups excluding carboxylic acids is 1. The highest BCUT2D eigenvalue weighted by molar-refractivity contribution is 7.14. The Morgan fingerprint density at radius 3 is 2.62 bits per heavy atom. The normalized spacial score (nSPS) is 28.4. The standard InChI is InChI=1S/C27H21N3OS/c1-26(24(31)30-25-29-21(14-32-25)16-7-6-12-28-13-16)15-27-20-11-5-4-10-19(20)22(27)17-8-2-3-9-18(17)23(26)27/h2-14,22-23H,15H2,1H3,(H,29,30,31). The zero-order chi connectivity index (χ0) is 21.5. The lowest BCUT2D eigenvalue weighted by molar-refractivity contribution is -0.138. The Balaban J connectivity index is 1.23. The smallest absolute Gasteiger partial charge is 0.232 e. The fourth-order valence-electron chi connectivity index (χ4n) is 6.83. The first-order valence-electron chi connectivity index (χ1n) is 11.0. The van der Waals surface area contributed by atoms with Crippen LogP contribution in [0.2, 0.25) is 0 Å². The average Bonchev–Trinajstić information content (AvgIpc) is 3.35. The summed E-state index contributed by atoms with van der Waals surface area (Å²) in [6.07, 6.45) is 4.41. The van der Waals surface area contributed by atoms with Crippen molar-refractivity contribution in [2.24, 2.45) is 5.41 Å². The van der Waals surface area contributed by atoms with E-state index in [2.05, 4.69) is 70.7 Å². The molecule has 3 aliphatic rings. The van der Waals surface area contributed by atoms with Crippen LogP contribution in [0.5, 0.6) is 0 Å². The molecule has 1 N–H and O–H groups in total. The van der Waals surface area contributed by atoms with Crippen LogP contribution in [0.3, 0.4) is 0 Å². The number of pyridine rings is 1. The first-order valence-corrected chi connectivity index (χ1v) is 11.9. The van der Waals surface area contributed by atoms with Gasteiger partial charge >= 0.3 is 0 Å². The van der Waals surface area contributed by atoms with Crippen molar-refractivity contribution >= 4 is 22.4 Å². The van der Waals surface area contributed by atoms with Crippen molar-refractivity contribution in [2.45, 2.75) is 30.6 Å². The van der Waals surface area contributed by atoms with E-state index in [1.165, 1.54) is 33.6 Å². The number of hydrogen-bond donors (Lipinski definition) is 1. The summed E-state index contributed by atoms with van der Waals surface area (Å²) in [6, 6.07) is 21.4. The van der Waals surface area contributed by atoms with Gasteiger partial charge in [0.2, 0.25) is 5.91 Å². The largest absolute Gasteiger partial charge is 0.301 e. The van der Waals surface area contributed by atoms with Crippen LogP contribution in [0, 0.1) is 5.41 Å². The van der Waals surface area contributed by atoms with Crippen LogP contribution in [0.15, 0.2) is 78.4 Å². The lowest BCUT2D eigenvalue weighted by Gasteiger charge is -2.65. The molecule has 0 aliphatic heterocycles. The molecule has 32 heavy (non-hydrogen) atoms. The van der Waals surface area contributed by atoms with E-state index in [1.807, 2.05) is 17.5 Å². The summed E-state index contributed by atoms with van der Waals surface area (Å²) in [5.41, 5.74) is 7.02. The van der Waals surface area contributed by atoms with Crippen LogP contribution < -0.4 is 5.32 Å². The lowest BCUT2D eigenvalue weighted by atomic mass is 9.36. The molecule has 4 nitrogen and oxygen atoms in total. The Labute approximate surface area is 190 Å². The highest BCUT2D eigenvalue weighted by atomic mass is 32.1. The van der Waals surface area contributed by atoms with Crippen molar-refractivity contribution in [1.82, 2.24) is 9.97 Å². The predicted molar refractivity (Wildman–Crippen MR) is 126 cm³/mol. The first kappa shape index (κ1) is 18.3. The molecule has 4 unspecified atom stereocenters. The number of benzene rings is 2. The summed E-state index contributed by atoms with van der Waals surface area (Å²) in [4.78, 5) is 22.5. The SMILES string of the molecule is CC1(C(=O)Nc2nc(-c3cccnc3)cs2)CC23c4ccccc4C2c2ccccc2C13. The lowest BCUT2D eigenvalue weighted by Crippen LogP contribution is -2.64. The van der Waals surface area contributed by atoms with Gasteiger partial charge in [0.25, 0.3) is 0 Å². The number of anilines is 1. The molecule has 1 saturated carbocycles. The summed E-state index contributed by atoms with van der Waals surface area (Å²) < 4.78 is 0. The number of nitrogens with zero attached hydrogens (tertiary/aromatic N) is 2. The van der Waals surface area contributed by atoms with E-state index in [9.17, 15) is 4.79 Å². The van der Waals surface area contributed by atoms with Crippen LogP contribution in [0.4, 0.5) is 5.13 Å². The third-order valence-corrected chi connectivity index (χ3v) is 8.68. The Morgan fingerprint density at radius 2 is 1.81 bits per heavy atom. The molecule has 2 heterocycles. The Morgan fingerprint density at radius 1 is 1.03 bits per heavy atom. The first-order chi connectivity index (χ1) is 15.6. The average molecular weight is 436 g/mol. The minimum Gasteiger partial charge on any atom is -0.301 e. The van der Waals surface area contributed by atoms with Crippen molar-refractivity contribution in [3.63, 3.8) is 0 Å². The molecule has 2 aromatic heterocycles. The third kappa shape index (κ3) is 2.10. The van der Waals surface area contributed by atoms with E-state index in [1.54, 1.807) is 12.4 Å². The number of thiazole rings is 1. The van der Waals surface area contributed by atoms with E-state index in [0.717, 1.165) is 17.7 Å². The van der Waals surface area contributed by atoms with Crippen LogP contribution in [-0.4, -0.2) is 15.9 Å². The van der Waals surface area contributed by atoms with Crippen molar-refractivity contribution < 1.29 is 4.79 Å². The topological polar surface area (TPSA) is 54.9 Å². The molecule has 5 heteroatoms. The molecular weight excluding hydrogens is 414 g/mol. The highest BCUT2D eigenvalue weighted by Crippen LogP contribution is 2.80. The molecule has 0 saturated heterocycles. The molecular formula is C27H21N3OS. The van der Waals surface area contributed by atoms with Crippen molar-refractivity contribution in [1.29, 1.82) is 0 Å². The summed E-state index contributed by atoms with van der Waals surface area (Å²) in [6.45, 7) is 2.13. The number of carbonyl (C=O) groups is 1. The minimum atomic E-state index is -0.460. The second-order valence-corrected chi connectivity index (χ2v) is 10.3. The van der Waals surface area contributed by atoms with Crippen LogP contribution in [-0.2, 0) is 10.2 Å². The molecule has 1 spiro atoms. The minimum absolute atomic E-state index is 0.0656. The van der Waals surface area contributed by atoms with Gasteiger partial charge in [-0.3, -0.25) is 9.78 Å². The Bertz CT molecular complexity index is 1400. The Kier molecular flexibility index (Phi) is 3.51. The number of aromatic nitrogens is 2. The van der Waals surface area contributed by atoms with Gasteiger partial charge in [0.15, 0.2) is 5.13 Å². The van der Waals surface area contributed by atoms with Gasteiger partial charge in [0.05, 0.1) is 11.1 Å². The van der Waals surface area contributed by atoms with E-state index >= 15 is 0 Å². The maximum Gasteiger partial charge on any atom is 0.232 e. The van der Waals surface area contributed by atoms with Crippen molar-refractivity contribution in [2.75, 3.05) is 5.32 Å². The summed E-state index contributed by atoms with van der Waals surface area (Å²) in [5, 5.41) is 5.76. The van der Waals surface area contributed by atoms with Gasteiger partial charge in [0, 0.05) is 40.6 Å². The molecule has 2 aromatic carbocycles. The van der Waals surface area contributed by atoms with E-state index in [4.69, 9.17) is 0 Å². The van der Waals surface area contributed by atoms with E-state index < -0.39 is 5.41 Å². The molecule has 1 amide bonds. The number of fused-ring (bicyclic) bond motifs is 5. The maximum absolute atomic E-state index is 13.6. The zero-order valence-corrected chi connectivity index (χ0v) is 18.4. The summed E-state index contributed by atoms with van der Waals surface area (Å²) >= 11 is 1.47. The van der Waals surface area contributed by atoms with Crippen molar-refractivity contribution in [3.8, 4) is 11.3 Å². The van der Waals surface area contributed by atoms with Crippen LogP contribution in [0.25, 0.3) is 11.3 Å². The molecule has 7 rings (SSSR count). The molecule has 4 atom stereocenters. The van der Waals surface area contributed by atoms with Crippen LogP contribution in [0.1, 0.15) is 47.4 Å². The molecule has 0 radical (unpaired) electrons. The van der Waals surface area contributed by atoms with E-state index in [-0.39, 0.29) is 17.2 Å². The van der Waals surface area contributed by atoms with Gasteiger partial charge in [-0.2, -0.15) is 0 Å². The molecule has 1 fully saturated rings. The van der Waals surface area contributed by atoms with Gasteiger partial charge in [-0.15, -0.1) is 11.3 Å². The highest BCUT2D eigenvalue weighted by Gasteiger charge is 2.76. The summed E-state index contributed by atoms with van der Waals surface area (Å²) in [7, 11) is 0. The van der Waals surface area contributed by atoms with Gasteiger partial charge in [-0.25, -0.2) is 4.98 Å². The van der Waals surface area contributed by atoms with Gasteiger partial charge in [0.1, 0.15) is 0 Å². The molecule has 4 aromatic rings. The van der Waals surface area contributed by atoms with Gasteiger partial charge in [-0.05, 0) is 40.8 Å². The predicted octanol–water partition coefficient (Wildman–Crippen LogP) is 5.73. The monoisotopic (exact) mass is 435 g/mol. The second-order valence-electron chi connectivity index (χ2n) is 9.45. The number of hydrogen-bond acceptors (Lipinski definition) is 4. The fraction of sp³-hybridized carbons (Fsp3) is 0.222. The maximum atomic E-state index is 13.6. The molecule has 3 aliphatic carbocycles. The fourth-order valence-corrected chi connectivity index (χ4v) is 7.54. The number of rotatable bonds is 3. The van der Waals surface area contributed by atoms with Crippen LogP contribution >= 0.6 is 11.3 Å². The van der Waals surface area contributed by atoms with E-state index in [0.29, 0.717) is 11.0 Å². The zero-order valence-electron chi connectivity index (χ0n) is 17.6. The van der Waals surface area contributed by atoms with Gasteiger partial charge in [-0.1, -0.05) is 55.5 Å². The van der Waals surface area contributed by atoms with Gasteiger partial charge < -0.3 is 5.32 Å². The quantitative estimate of drug-likeness (QED) is 0.447. The summed E-state index contributed by atoms with van der Waals surface area (Å²) in [5.74, 6) is 0.682. The number of nitrogens with one attached hydrogen (secondary N) is 1. The molecule has 156 valence electrons. The molecule has 0 bridgehead atoms.